The number of aliphatic hydroxyl groups is 1. The maximum Gasteiger partial charge on any atom is 0.312 e. The van der Waals surface area contributed by atoms with Gasteiger partial charge in [-0.05, 0) is 87.5 Å². The first-order valence-corrected chi connectivity index (χ1v) is 11.1. The highest BCUT2D eigenvalue weighted by Gasteiger charge is 2.61. The Morgan fingerprint density at radius 1 is 1.17 bits per heavy atom. The number of anilines is 1. The molecule has 5 aliphatic rings. The van der Waals surface area contributed by atoms with Crippen LogP contribution in [0.1, 0.15) is 68.3 Å². The first-order valence-electron chi connectivity index (χ1n) is 11.1. The van der Waals surface area contributed by atoms with Crippen LogP contribution >= 0.6 is 0 Å². The van der Waals surface area contributed by atoms with Gasteiger partial charge in [0.2, 0.25) is 11.7 Å². The third-order valence-corrected chi connectivity index (χ3v) is 7.76. The molecule has 4 saturated carbocycles. The molecule has 1 aromatic rings. The normalized spacial score (nSPS) is 34.6. The second kappa shape index (κ2) is 6.64. The summed E-state index contributed by atoms with van der Waals surface area (Å²) in [6.07, 6.45) is 4.53. The van der Waals surface area contributed by atoms with Gasteiger partial charge in [0.1, 0.15) is 0 Å². The number of amides is 1. The number of carbonyl (C=O) groups excluding carboxylic acids is 3. The second-order valence-electron chi connectivity index (χ2n) is 10.1. The second-order valence-corrected chi connectivity index (χ2v) is 10.1. The van der Waals surface area contributed by atoms with Crippen LogP contribution in [0.3, 0.4) is 0 Å². The van der Waals surface area contributed by atoms with E-state index >= 15 is 0 Å². The predicted molar refractivity (Wildman–Crippen MR) is 110 cm³/mol. The molecule has 0 unspecified atom stereocenters. The number of hydrogen-bond acceptors (Lipinski definition) is 5. The van der Waals surface area contributed by atoms with E-state index in [1.54, 1.807) is 24.0 Å². The lowest BCUT2D eigenvalue weighted by Crippen LogP contribution is -2.58. The van der Waals surface area contributed by atoms with E-state index in [9.17, 15) is 19.5 Å². The van der Waals surface area contributed by atoms with Gasteiger partial charge in [0.25, 0.3) is 0 Å². The van der Waals surface area contributed by atoms with Crippen molar-refractivity contribution in [3.8, 4) is 0 Å². The molecule has 0 spiro atoms. The number of ketones is 1. The molecule has 1 amide bonds. The zero-order chi connectivity index (χ0) is 21.3. The summed E-state index contributed by atoms with van der Waals surface area (Å²) in [5.41, 5.74) is 0.957. The summed E-state index contributed by atoms with van der Waals surface area (Å²) in [7, 11) is 0. The van der Waals surface area contributed by atoms with Gasteiger partial charge in [-0.3, -0.25) is 14.4 Å². The van der Waals surface area contributed by atoms with Crippen LogP contribution in [-0.2, 0) is 20.7 Å². The molecule has 1 aliphatic heterocycles. The van der Waals surface area contributed by atoms with Gasteiger partial charge in [-0.1, -0.05) is 0 Å². The molecule has 0 radical (unpaired) electrons. The molecule has 6 heteroatoms. The molecule has 1 N–H and O–H groups in total. The Hall–Kier alpha value is -2.21. The smallest absolute Gasteiger partial charge is 0.312 e. The van der Waals surface area contributed by atoms with Crippen molar-refractivity contribution < 1.29 is 24.2 Å². The van der Waals surface area contributed by atoms with Gasteiger partial charge in [-0.15, -0.1) is 0 Å². The van der Waals surface area contributed by atoms with Crippen molar-refractivity contribution in [2.75, 3.05) is 11.4 Å². The fraction of sp³-hybridized carbons (Fsp3) is 0.625. The Morgan fingerprint density at radius 3 is 2.50 bits per heavy atom. The van der Waals surface area contributed by atoms with Crippen molar-refractivity contribution in [1.82, 2.24) is 0 Å². The number of benzene rings is 1. The topological polar surface area (TPSA) is 83.9 Å². The number of ether oxygens (including phenoxy) is 1. The van der Waals surface area contributed by atoms with Crippen molar-refractivity contribution in [2.24, 2.45) is 17.3 Å². The average molecular weight is 411 g/mol. The van der Waals surface area contributed by atoms with Crippen LogP contribution in [0.5, 0.6) is 0 Å². The first kappa shape index (κ1) is 19.7. The summed E-state index contributed by atoms with van der Waals surface area (Å²) in [6.45, 7) is 3.79. The molecule has 4 fully saturated rings. The van der Waals surface area contributed by atoms with E-state index in [1.807, 2.05) is 6.07 Å². The average Bonchev–Trinajstić information content (AvgIpc) is 3.08. The standard InChI is InChI=1S/C24H29NO5/c1-14(21(27)19-3-4-20-18(8-19)5-6-25(20)15(2)26)30-22(28)23-9-16-7-17(10-23)12-24(29,11-16)13-23/h3-4,8,14,16-17,29H,5-7,9-13H2,1-2H3/t14-,16-,17-,23?,24?/m1/s1. The highest BCUT2D eigenvalue weighted by atomic mass is 16.5. The summed E-state index contributed by atoms with van der Waals surface area (Å²) >= 11 is 0. The van der Waals surface area contributed by atoms with E-state index in [-0.39, 0.29) is 17.7 Å². The van der Waals surface area contributed by atoms with E-state index < -0.39 is 17.1 Å². The molecule has 6 nitrogen and oxygen atoms in total. The quantitative estimate of drug-likeness (QED) is 0.608. The fourth-order valence-electron chi connectivity index (χ4n) is 6.91. The predicted octanol–water partition coefficient (Wildman–Crippen LogP) is 3.04. The van der Waals surface area contributed by atoms with E-state index in [4.69, 9.17) is 4.74 Å². The summed E-state index contributed by atoms with van der Waals surface area (Å²) in [4.78, 5) is 39.6. The Morgan fingerprint density at radius 2 is 1.87 bits per heavy atom. The van der Waals surface area contributed by atoms with Gasteiger partial charge in [0.15, 0.2) is 6.10 Å². The SMILES string of the molecule is CC(=O)N1CCc2cc(C(=O)[C@@H](C)OC(=O)C34C[C@H]5C[C@@H](CC(O)(C5)C3)C4)ccc21. The summed E-state index contributed by atoms with van der Waals surface area (Å²) in [5.74, 6) is 0.217. The summed E-state index contributed by atoms with van der Waals surface area (Å²) < 4.78 is 5.71. The minimum Gasteiger partial charge on any atom is -0.454 e. The highest BCUT2D eigenvalue weighted by molar-refractivity contribution is 6.02. The maximum atomic E-state index is 13.2. The van der Waals surface area contributed by atoms with Crippen molar-refractivity contribution in [2.45, 2.75) is 70.5 Å². The number of carbonyl (C=O) groups is 3. The Labute approximate surface area is 176 Å². The monoisotopic (exact) mass is 411 g/mol. The molecule has 4 aliphatic carbocycles. The van der Waals surface area contributed by atoms with Gasteiger partial charge < -0.3 is 14.7 Å². The number of rotatable bonds is 4. The molecule has 6 rings (SSSR count). The lowest BCUT2D eigenvalue weighted by Gasteiger charge is -2.58. The van der Waals surface area contributed by atoms with Crippen molar-refractivity contribution in [3.05, 3.63) is 29.3 Å². The van der Waals surface area contributed by atoms with Crippen LogP contribution in [-0.4, -0.2) is 41.0 Å². The molecular formula is C24H29NO5. The third-order valence-electron chi connectivity index (χ3n) is 7.76. The molecule has 0 saturated heterocycles. The highest BCUT2D eigenvalue weighted by Crippen LogP contribution is 2.62. The number of hydrogen-bond donors (Lipinski definition) is 1. The maximum absolute atomic E-state index is 13.2. The lowest BCUT2D eigenvalue weighted by atomic mass is 9.48. The van der Waals surface area contributed by atoms with Crippen molar-refractivity contribution in [1.29, 1.82) is 0 Å². The Bertz CT molecular complexity index is 924. The van der Waals surface area contributed by atoms with Crippen molar-refractivity contribution >= 4 is 23.3 Å². The van der Waals surface area contributed by atoms with E-state index in [0.717, 1.165) is 43.4 Å². The number of nitrogens with zero attached hydrogens (tertiary/aromatic N) is 1. The summed E-state index contributed by atoms with van der Waals surface area (Å²) in [5, 5.41) is 10.9. The Kier molecular flexibility index (Phi) is 4.37. The first-order chi connectivity index (χ1) is 14.2. The van der Waals surface area contributed by atoms with E-state index in [0.29, 0.717) is 36.8 Å². The van der Waals surface area contributed by atoms with Crippen LogP contribution < -0.4 is 4.90 Å². The molecule has 30 heavy (non-hydrogen) atoms. The summed E-state index contributed by atoms with van der Waals surface area (Å²) in [6, 6.07) is 5.33. The number of esters is 1. The van der Waals surface area contributed by atoms with Crippen LogP contribution in [0.2, 0.25) is 0 Å². The Balaban J connectivity index is 1.30. The van der Waals surface area contributed by atoms with Crippen LogP contribution in [0.4, 0.5) is 5.69 Å². The molecular weight excluding hydrogens is 382 g/mol. The van der Waals surface area contributed by atoms with Crippen LogP contribution in [0.25, 0.3) is 0 Å². The van der Waals surface area contributed by atoms with Gasteiger partial charge in [-0.25, -0.2) is 0 Å². The van der Waals surface area contributed by atoms with E-state index in [1.165, 1.54) is 6.92 Å². The molecule has 1 aromatic carbocycles. The molecule has 160 valence electrons. The zero-order valence-corrected chi connectivity index (χ0v) is 17.6. The van der Waals surface area contributed by atoms with Crippen LogP contribution in [0.15, 0.2) is 18.2 Å². The lowest BCUT2D eigenvalue weighted by molar-refractivity contribution is -0.197. The van der Waals surface area contributed by atoms with E-state index in [2.05, 4.69) is 0 Å². The van der Waals surface area contributed by atoms with Gasteiger partial charge in [0.05, 0.1) is 11.0 Å². The zero-order valence-electron chi connectivity index (χ0n) is 17.6. The van der Waals surface area contributed by atoms with Gasteiger partial charge in [-0.2, -0.15) is 0 Å². The van der Waals surface area contributed by atoms with Crippen LogP contribution in [0, 0.1) is 17.3 Å². The minimum atomic E-state index is -0.872. The number of Topliss-reactive ketones (excluding diaryl/α,β-unsaturated/α-hetero) is 1. The van der Waals surface area contributed by atoms with Gasteiger partial charge in [0, 0.05) is 24.7 Å². The molecule has 3 atom stereocenters. The third kappa shape index (κ3) is 3.08. The minimum absolute atomic E-state index is 0.00708. The molecule has 1 heterocycles. The molecule has 4 bridgehead atoms. The fourth-order valence-corrected chi connectivity index (χ4v) is 6.91. The number of fused-ring (bicyclic) bond motifs is 1. The largest absolute Gasteiger partial charge is 0.454 e. The molecule has 0 aromatic heterocycles. The van der Waals surface area contributed by atoms with Gasteiger partial charge >= 0.3 is 5.97 Å². The van der Waals surface area contributed by atoms with Crippen molar-refractivity contribution in [3.63, 3.8) is 0 Å².